The second-order valence-electron chi connectivity index (χ2n) is 5.32. The first-order valence-electron chi connectivity index (χ1n) is 7.19. The molecule has 1 heterocycles. The van der Waals surface area contributed by atoms with E-state index in [1.165, 1.54) is 0 Å². The summed E-state index contributed by atoms with van der Waals surface area (Å²) in [6.07, 6.45) is 1.06. The molecule has 1 saturated heterocycles. The van der Waals surface area contributed by atoms with Crippen molar-refractivity contribution in [3.63, 3.8) is 0 Å². The fourth-order valence-electron chi connectivity index (χ4n) is 2.41. The van der Waals surface area contributed by atoms with Crippen LogP contribution >= 0.6 is 0 Å². The Morgan fingerprint density at radius 1 is 1.33 bits per heavy atom. The van der Waals surface area contributed by atoms with Gasteiger partial charge in [0.2, 0.25) is 11.8 Å². The highest BCUT2D eigenvalue weighted by Gasteiger charge is 2.13. The Morgan fingerprint density at radius 2 is 2.14 bits per heavy atom. The molecule has 4 N–H and O–H groups in total. The summed E-state index contributed by atoms with van der Waals surface area (Å²) in [5.41, 5.74) is 7.23. The van der Waals surface area contributed by atoms with Crippen molar-refractivity contribution in [3.05, 3.63) is 29.3 Å². The predicted octanol–water partition coefficient (Wildman–Crippen LogP) is 0.328. The van der Waals surface area contributed by atoms with Gasteiger partial charge in [-0.05, 0) is 50.2 Å². The van der Waals surface area contributed by atoms with Crippen molar-refractivity contribution in [2.45, 2.75) is 13.3 Å². The third kappa shape index (κ3) is 4.54. The number of hydrogen-bond donors (Lipinski definition) is 3. The molecule has 1 aromatic rings. The van der Waals surface area contributed by atoms with Gasteiger partial charge in [-0.25, -0.2) is 0 Å². The maximum atomic E-state index is 12.1. The van der Waals surface area contributed by atoms with Crippen molar-refractivity contribution in [3.8, 4) is 0 Å². The summed E-state index contributed by atoms with van der Waals surface area (Å²) in [5.74, 6) is -0.500. The average molecular weight is 290 g/mol. The van der Waals surface area contributed by atoms with E-state index in [2.05, 4.69) is 15.5 Å². The molecule has 2 rings (SSSR count). The van der Waals surface area contributed by atoms with E-state index in [1.54, 1.807) is 18.2 Å². The normalized spacial score (nSPS) is 16.2. The average Bonchev–Trinajstić information content (AvgIpc) is 2.69. The number of amides is 2. The molecule has 0 atom stereocenters. The quantitative estimate of drug-likeness (QED) is 0.745. The van der Waals surface area contributed by atoms with Crippen LogP contribution in [0.3, 0.4) is 0 Å². The minimum Gasteiger partial charge on any atom is -0.366 e. The number of aryl methyl sites for hydroxylation is 1. The summed E-state index contributed by atoms with van der Waals surface area (Å²) in [6.45, 7) is 5.97. The van der Waals surface area contributed by atoms with Gasteiger partial charge in [0.25, 0.3) is 0 Å². The second kappa shape index (κ2) is 7.19. The molecule has 0 spiro atoms. The van der Waals surface area contributed by atoms with Gasteiger partial charge in [0, 0.05) is 24.3 Å². The number of nitrogens with zero attached hydrogens (tertiary/aromatic N) is 1. The molecule has 1 aliphatic rings. The zero-order chi connectivity index (χ0) is 15.2. The molecular formula is C15H22N4O2. The van der Waals surface area contributed by atoms with E-state index in [9.17, 15) is 9.59 Å². The molecule has 2 amide bonds. The summed E-state index contributed by atoms with van der Waals surface area (Å²) < 4.78 is 0. The second-order valence-corrected chi connectivity index (χ2v) is 5.32. The fraction of sp³-hybridized carbons (Fsp3) is 0.467. The number of anilines is 1. The van der Waals surface area contributed by atoms with Crippen molar-refractivity contribution in [1.29, 1.82) is 0 Å². The highest BCUT2D eigenvalue weighted by molar-refractivity contribution is 5.96. The van der Waals surface area contributed by atoms with Gasteiger partial charge in [0.15, 0.2) is 0 Å². The molecule has 0 aromatic heterocycles. The lowest BCUT2D eigenvalue weighted by atomic mass is 10.1. The van der Waals surface area contributed by atoms with Gasteiger partial charge < -0.3 is 16.4 Å². The first kappa shape index (κ1) is 15.5. The smallest absolute Gasteiger partial charge is 0.248 e. The van der Waals surface area contributed by atoms with E-state index in [1.807, 2.05) is 6.92 Å². The minimum absolute atomic E-state index is 0.0353. The molecule has 1 fully saturated rings. The number of nitrogens with one attached hydrogen (secondary N) is 2. The van der Waals surface area contributed by atoms with Gasteiger partial charge in [-0.1, -0.05) is 0 Å². The molecule has 0 aliphatic carbocycles. The lowest BCUT2D eigenvalue weighted by Gasteiger charge is -2.19. The fourth-order valence-corrected chi connectivity index (χ4v) is 2.41. The topological polar surface area (TPSA) is 87.5 Å². The van der Waals surface area contributed by atoms with Crippen molar-refractivity contribution in [1.82, 2.24) is 10.2 Å². The Hall–Kier alpha value is -1.92. The van der Waals surface area contributed by atoms with E-state index in [-0.39, 0.29) is 5.91 Å². The van der Waals surface area contributed by atoms with E-state index in [0.717, 1.165) is 43.9 Å². The van der Waals surface area contributed by atoms with Crippen molar-refractivity contribution < 1.29 is 9.59 Å². The lowest BCUT2D eigenvalue weighted by Crippen LogP contribution is -2.35. The molecule has 1 aromatic carbocycles. The van der Waals surface area contributed by atoms with E-state index < -0.39 is 5.91 Å². The van der Waals surface area contributed by atoms with E-state index in [4.69, 9.17) is 5.73 Å². The number of carbonyl (C=O) groups excluding carboxylic acids is 2. The molecule has 21 heavy (non-hydrogen) atoms. The summed E-state index contributed by atoms with van der Waals surface area (Å²) >= 11 is 0. The summed E-state index contributed by atoms with van der Waals surface area (Å²) in [6, 6.07) is 5.03. The van der Waals surface area contributed by atoms with Crippen LogP contribution in [0, 0.1) is 6.92 Å². The van der Waals surface area contributed by atoms with Crippen molar-refractivity contribution in [2.75, 3.05) is 38.0 Å². The molecule has 0 saturated carbocycles. The first-order valence-corrected chi connectivity index (χ1v) is 7.19. The molecule has 0 radical (unpaired) electrons. The van der Waals surface area contributed by atoms with Gasteiger partial charge in [0.1, 0.15) is 0 Å². The van der Waals surface area contributed by atoms with Crippen LogP contribution in [0.4, 0.5) is 5.69 Å². The van der Waals surface area contributed by atoms with Crippen LogP contribution in [0.15, 0.2) is 18.2 Å². The zero-order valence-electron chi connectivity index (χ0n) is 12.3. The van der Waals surface area contributed by atoms with Crippen LogP contribution in [0.2, 0.25) is 0 Å². The van der Waals surface area contributed by atoms with Crippen LogP contribution in [-0.2, 0) is 4.79 Å². The Bertz CT molecular complexity index is 522. The maximum Gasteiger partial charge on any atom is 0.248 e. The summed E-state index contributed by atoms with van der Waals surface area (Å²) in [5, 5.41) is 6.20. The molecular weight excluding hydrogens is 268 g/mol. The number of benzene rings is 1. The van der Waals surface area contributed by atoms with Crippen molar-refractivity contribution in [2.24, 2.45) is 5.73 Å². The molecule has 6 heteroatoms. The number of carbonyl (C=O) groups is 2. The van der Waals surface area contributed by atoms with Crippen LogP contribution in [0.5, 0.6) is 0 Å². The SMILES string of the molecule is Cc1cc(C(N)=O)ccc1NC(=O)CN1CCCNCC1. The Morgan fingerprint density at radius 3 is 2.86 bits per heavy atom. The van der Waals surface area contributed by atoms with Gasteiger partial charge in [-0.15, -0.1) is 0 Å². The maximum absolute atomic E-state index is 12.1. The molecule has 6 nitrogen and oxygen atoms in total. The Balaban J connectivity index is 1.94. The number of nitrogens with two attached hydrogens (primary N) is 1. The first-order chi connectivity index (χ1) is 10.1. The Kier molecular flexibility index (Phi) is 5.30. The van der Waals surface area contributed by atoms with Gasteiger partial charge in [-0.2, -0.15) is 0 Å². The van der Waals surface area contributed by atoms with Crippen molar-refractivity contribution >= 4 is 17.5 Å². The van der Waals surface area contributed by atoms with Crippen LogP contribution in [0.25, 0.3) is 0 Å². The van der Waals surface area contributed by atoms with Crippen LogP contribution < -0.4 is 16.4 Å². The lowest BCUT2D eigenvalue weighted by molar-refractivity contribution is -0.117. The summed E-state index contributed by atoms with van der Waals surface area (Å²) in [7, 11) is 0. The molecule has 0 unspecified atom stereocenters. The third-order valence-electron chi connectivity index (χ3n) is 3.58. The van der Waals surface area contributed by atoms with Gasteiger partial charge >= 0.3 is 0 Å². The van der Waals surface area contributed by atoms with Crippen LogP contribution in [0.1, 0.15) is 22.3 Å². The molecule has 114 valence electrons. The van der Waals surface area contributed by atoms with Gasteiger partial charge in [-0.3, -0.25) is 14.5 Å². The Labute approximate surface area is 124 Å². The molecule has 0 bridgehead atoms. The summed E-state index contributed by atoms with van der Waals surface area (Å²) in [4.78, 5) is 25.3. The zero-order valence-corrected chi connectivity index (χ0v) is 12.3. The third-order valence-corrected chi connectivity index (χ3v) is 3.58. The number of hydrogen-bond acceptors (Lipinski definition) is 4. The number of primary amides is 1. The van der Waals surface area contributed by atoms with E-state index in [0.29, 0.717) is 12.1 Å². The largest absolute Gasteiger partial charge is 0.366 e. The standard InChI is InChI=1S/C15H22N4O2/c1-11-9-12(15(16)21)3-4-13(11)18-14(20)10-19-7-2-5-17-6-8-19/h3-4,9,17H,2,5-8,10H2,1H3,(H2,16,21)(H,18,20). The van der Waals surface area contributed by atoms with Gasteiger partial charge in [0.05, 0.1) is 6.54 Å². The highest BCUT2D eigenvalue weighted by Crippen LogP contribution is 2.16. The van der Waals surface area contributed by atoms with E-state index >= 15 is 0 Å². The number of rotatable bonds is 4. The highest BCUT2D eigenvalue weighted by atomic mass is 16.2. The monoisotopic (exact) mass is 290 g/mol. The minimum atomic E-state index is -0.465. The van der Waals surface area contributed by atoms with Crippen LogP contribution in [-0.4, -0.2) is 49.4 Å². The predicted molar refractivity (Wildman–Crippen MR) is 82.3 cm³/mol. The molecule has 1 aliphatic heterocycles.